The van der Waals surface area contributed by atoms with Gasteiger partial charge in [0.05, 0.1) is 5.69 Å². The summed E-state index contributed by atoms with van der Waals surface area (Å²) in [5.74, 6) is -4.19. The van der Waals surface area contributed by atoms with Crippen molar-refractivity contribution in [3.63, 3.8) is 0 Å². The van der Waals surface area contributed by atoms with E-state index in [1.54, 1.807) is 6.20 Å². The van der Waals surface area contributed by atoms with Crippen molar-refractivity contribution in [1.82, 2.24) is 24.3 Å². The molecule has 0 bridgehead atoms. The van der Waals surface area contributed by atoms with Gasteiger partial charge in [-0.25, -0.2) is 14.6 Å². The van der Waals surface area contributed by atoms with Gasteiger partial charge in [0.2, 0.25) is 5.91 Å². The van der Waals surface area contributed by atoms with E-state index < -0.39 is 24.3 Å². The lowest BCUT2D eigenvalue weighted by atomic mass is 10.2. The highest BCUT2D eigenvalue weighted by Gasteiger charge is 2.38. The van der Waals surface area contributed by atoms with E-state index in [1.807, 2.05) is 30.3 Å². The van der Waals surface area contributed by atoms with Crippen molar-refractivity contribution < 1.29 is 50.9 Å². The molecule has 212 valence electrons. The minimum absolute atomic E-state index is 0.232. The van der Waals surface area contributed by atoms with Gasteiger partial charge in [0, 0.05) is 64.2 Å². The number of nitrogens with zero attached hydrogens (tertiary/aromatic N) is 5. The largest absolute Gasteiger partial charge is 0.490 e. The highest BCUT2D eigenvalue weighted by Crippen LogP contribution is 2.15. The van der Waals surface area contributed by atoms with Crippen molar-refractivity contribution in [2.75, 3.05) is 20.1 Å². The number of hydrogen-bond acceptors (Lipinski definition) is 6. The van der Waals surface area contributed by atoms with Crippen LogP contribution >= 0.6 is 0 Å². The van der Waals surface area contributed by atoms with Crippen molar-refractivity contribution in [3.8, 4) is 0 Å². The number of rotatable bonds is 5. The van der Waals surface area contributed by atoms with Gasteiger partial charge in [-0.05, 0) is 18.7 Å². The number of hydrogen-bond donors (Lipinski definition) is 2. The molecule has 3 rings (SSSR count). The maximum Gasteiger partial charge on any atom is 0.490 e. The highest BCUT2D eigenvalue weighted by molar-refractivity contribution is 5.75. The first kappa shape index (κ1) is 32.3. The molecule has 0 unspecified atom stereocenters. The molecule has 1 amide bonds. The summed E-state index contributed by atoms with van der Waals surface area (Å²) < 4.78 is 65.8. The lowest BCUT2D eigenvalue weighted by Crippen LogP contribution is -2.33. The first-order valence-corrected chi connectivity index (χ1v) is 11.0. The Morgan fingerprint density at radius 1 is 0.974 bits per heavy atom. The molecule has 3 heterocycles. The Kier molecular flexibility index (Phi) is 12.2. The number of halogens is 6. The average molecular weight is 555 g/mol. The van der Waals surface area contributed by atoms with Crippen LogP contribution < -0.4 is 0 Å². The molecule has 0 aromatic carbocycles. The second-order valence-electron chi connectivity index (χ2n) is 7.94. The molecular weight excluding hydrogens is 528 g/mol. The van der Waals surface area contributed by atoms with Crippen molar-refractivity contribution in [2.45, 2.75) is 51.8 Å². The molecule has 0 aliphatic carbocycles. The molecule has 0 atom stereocenters. The molecule has 1 aliphatic heterocycles. The smallest absolute Gasteiger partial charge is 0.475 e. The highest BCUT2D eigenvalue weighted by atomic mass is 19.4. The average Bonchev–Trinajstić information content (AvgIpc) is 3.06. The second-order valence-corrected chi connectivity index (χ2v) is 7.94. The predicted molar refractivity (Wildman–Crippen MR) is 120 cm³/mol. The fourth-order valence-corrected chi connectivity index (χ4v) is 3.23. The Hall–Kier alpha value is -3.69. The van der Waals surface area contributed by atoms with Crippen LogP contribution in [0, 0.1) is 0 Å². The Bertz CT molecular complexity index is 1040. The summed E-state index contributed by atoms with van der Waals surface area (Å²) in [7, 11) is 2.11. The number of fused-ring (bicyclic) bond motifs is 1. The molecule has 0 radical (unpaired) electrons. The molecule has 0 saturated carbocycles. The maximum atomic E-state index is 11.9. The van der Waals surface area contributed by atoms with Gasteiger partial charge >= 0.3 is 24.3 Å². The summed E-state index contributed by atoms with van der Waals surface area (Å²) in [6.07, 6.45) is -3.08. The van der Waals surface area contributed by atoms with Crippen molar-refractivity contribution in [3.05, 3.63) is 47.8 Å². The van der Waals surface area contributed by atoms with E-state index >= 15 is 0 Å². The molecule has 0 fully saturated rings. The molecule has 38 heavy (non-hydrogen) atoms. The molecule has 2 aromatic heterocycles. The zero-order chi connectivity index (χ0) is 29.1. The third-order valence-electron chi connectivity index (χ3n) is 4.97. The van der Waals surface area contributed by atoms with E-state index in [4.69, 9.17) is 19.8 Å². The van der Waals surface area contributed by atoms with Gasteiger partial charge in [-0.15, -0.1) is 0 Å². The number of carboxylic acids is 2. The van der Waals surface area contributed by atoms with Crippen LogP contribution in [-0.2, 0) is 40.4 Å². The second kappa shape index (κ2) is 14.3. The lowest BCUT2D eigenvalue weighted by molar-refractivity contribution is -0.193. The molecule has 2 N–H and O–H groups in total. The van der Waals surface area contributed by atoms with E-state index in [1.165, 1.54) is 11.3 Å². The molecule has 16 heteroatoms. The van der Waals surface area contributed by atoms with Crippen LogP contribution in [0.5, 0.6) is 0 Å². The Balaban J connectivity index is 0.000000426. The number of aromatic nitrogens is 3. The summed E-state index contributed by atoms with van der Waals surface area (Å²) in [6, 6.07) is 4.06. The number of carbonyl (C=O) groups is 3. The first-order valence-electron chi connectivity index (χ1n) is 11.0. The fourth-order valence-electron chi connectivity index (χ4n) is 3.23. The minimum atomic E-state index is -5.08. The van der Waals surface area contributed by atoms with Crippen LogP contribution in [0.15, 0.2) is 30.7 Å². The van der Waals surface area contributed by atoms with Gasteiger partial charge in [-0.1, -0.05) is 13.0 Å². The van der Waals surface area contributed by atoms with Gasteiger partial charge < -0.3 is 19.7 Å². The third kappa shape index (κ3) is 11.1. The topological polar surface area (TPSA) is 129 Å². The summed E-state index contributed by atoms with van der Waals surface area (Å²) in [5.41, 5.74) is 2.41. The number of carbonyl (C=O) groups excluding carboxylic acids is 1. The van der Waals surface area contributed by atoms with E-state index in [0.717, 1.165) is 45.0 Å². The molecule has 1 aliphatic rings. The van der Waals surface area contributed by atoms with Crippen LogP contribution in [0.25, 0.3) is 0 Å². The van der Waals surface area contributed by atoms with Gasteiger partial charge in [0.1, 0.15) is 5.82 Å². The normalized spacial score (nSPS) is 13.3. The van der Waals surface area contributed by atoms with Gasteiger partial charge in [-0.2, -0.15) is 26.3 Å². The van der Waals surface area contributed by atoms with Crippen LogP contribution in [0.4, 0.5) is 26.3 Å². The van der Waals surface area contributed by atoms with E-state index in [-0.39, 0.29) is 5.91 Å². The standard InChI is InChI=1S/C18H25N5O.2C2HF3O2/c1-3-18(24)22-8-6-17-20-12-16(23(17)10-9-22)14-21(2)13-15-5-4-7-19-11-15;2*3-2(4,5)1(6)7/h4-5,7,11-12H,3,6,8-10,13-14H2,1-2H3;2*(H,6,7). The Labute approximate surface area is 213 Å². The summed E-state index contributed by atoms with van der Waals surface area (Å²) in [6.45, 7) is 5.99. The van der Waals surface area contributed by atoms with Crippen molar-refractivity contribution in [2.24, 2.45) is 0 Å². The van der Waals surface area contributed by atoms with E-state index in [2.05, 4.69) is 32.5 Å². The number of pyridine rings is 1. The number of alkyl halides is 6. The monoisotopic (exact) mass is 555 g/mol. The molecule has 0 spiro atoms. The third-order valence-corrected chi connectivity index (χ3v) is 4.97. The fraction of sp³-hybridized carbons (Fsp3) is 0.500. The Morgan fingerprint density at radius 2 is 1.55 bits per heavy atom. The zero-order valence-corrected chi connectivity index (χ0v) is 20.5. The van der Waals surface area contributed by atoms with Crippen molar-refractivity contribution >= 4 is 17.8 Å². The van der Waals surface area contributed by atoms with Crippen LogP contribution in [0.3, 0.4) is 0 Å². The Morgan fingerprint density at radius 3 is 2.03 bits per heavy atom. The van der Waals surface area contributed by atoms with E-state index in [0.29, 0.717) is 6.42 Å². The van der Waals surface area contributed by atoms with Crippen LogP contribution in [0.2, 0.25) is 0 Å². The van der Waals surface area contributed by atoms with Gasteiger partial charge in [0.25, 0.3) is 0 Å². The summed E-state index contributed by atoms with van der Waals surface area (Å²) in [5, 5.41) is 14.2. The van der Waals surface area contributed by atoms with E-state index in [9.17, 15) is 31.1 Å². The summed E-state index contributed by atoms with van der Waals surface area (Å²) in [4.78, 5) is 42.7. The summed E-state index contributed by atoms with van der Waals surface area (Å²) >= 11 is 0. The van der Waals surface area contributed by atoms with Gasteiger partial charge in [-0.3, -0.25) is 14.7 Å². The molecule has 0 saturated heterocycles. The number of aliphatic carboxylic acids is 2. The van der Waals surface area contributed by atoms with Crippen LogP contribution in [-0.4, -0.2) is 84.9 Å². The minimum Gasteiger partial charge on any atom is -0.475 e. The maximum absolute atomic E-state index is 11.9. The molecule has 2 aromatic rings. The lowest BCUT2D eigenvalue weighted by Gasteiger charge is -2.20. The molecule has 10 nitrogen and oxygen atoms in total. The first-order chi connectivity index (χ1) is 17.6. The zero-order valence-electron chi connectivity index (χ0n) is 20.5. The SMILES string of the molecule is CCC(=O)N1CCc2ncc(CN(C)Cc3cccnc3)n2CC1.O=C(O)C(F)(F)F.O=C(O)C(F)(F)F. The quantitative estimate of drug-likeness (QED) is 0.539. The van der Waals surface area contributed by atoms with Crippen LogP contribution in [0.1, 0.15) is 30.4 Å². The predicted octanol–water partition coefficient (Wildman–Crippen LogP) is 2.97. The van der Waals surface area contributed by atoms with Gasteiger partial charge in [0.15, 0.2) is 0 Å². The number of amides is 1. The van der Waals surface area contributed by atoms with Crippen molar-refractivity contribution in [1.29, 1.82) is 0 Å². The number of imidazole rings is 1. The number of carboxylic acid groups (broad SMARTS) is 2. The molecular formula is C22H27F6N5O5.